The molecule has 0 N–H and O–H groups in total. The number of carbonyl (C=O) groups is 1. The normalized spacial score (nSPS) is 14.2. The van der Waals surface area contributed by atoms with E-state index < -0.39 is 5.82 Å². The number of hydrogen-bond donors (Lipinski definition) is 0. The summed E-state index contributed by atoms with van der Waals surface area (Å²) in [4.78, 5) is 10.9. The Hall–Kier alpha value is -2.16. The maximum atomic E-state index is 13.0. The van der Waals surface area contributed by atoms with Crippen LogP contribution in [0.25, 0.3) is 0 Å². The number of benzene rings is 2. The van der Waals surface area contributed by atoms with Crippen molar-refractivity contribution in [3.63, 3.8) is 0 Å². The molecule has 1 aliphatic rings. The summed E-state index contributed by atoms with van der Waals surface area (Å²) < 4.78 is 18.6. The van der Waals surface area contributed by atoms with Crippen LogP contribution >= 0.6 is 0 Å². The van der Waals surface area contributed by atoms with E-state index in [0.29, 0.717) is 23.7 Å². The first kappa shape index (κ1) is 11.9. The van der Waals surface area contributed by atoms with E-state index in [9.17, 15) is 9.18 Å². The summed E-state index contributed by atoms with van der Waals surface area (Å²) in [5, 5.41) is 0. The third-order valence-electron chi connectivity index (χ3n) is 3.26. The Morgan fingerprint density at radius 1 is 1.11 bits per heavy atom. The monoisotopic (exact) mass is 256 g/mol. The maximum absolute atomic E-state index is 13.0. The number of aldehydes is 1. The van der Waals surface area contributed by atoms with E-state index in [0.717, 1.165) is 0 Å². The molecule has 0 amide bonds. The van der Waals surface area contributed by atoms with Gasteiger partial charge in [-0.15, -0.1) is 0 Å². The molecule has 0 radical (unpaired) electrons. The Morgan fingerprint density at radius 3 is 2.47 bits per heavy atom. The summed E-state index contributed by atoms with van der Waals surface area (Å²) in [6.07, 6.45) is 3.11. The molecule has 3 rings (SSSR count). The first-order chi connectivity index (χ1) is 9.26. The van der Waals surface area contributed by atoms with Gasteiger partial charge in [0.25, 0.3) is 0 Å². The van der Waals surface area contributed by atoms with Gasteiger partial charge in [0.05, 0.1) is 5.56 Å². The summed E-state index contributed by atoms with van der Waals surface area (Å²) in [5.74, 6) is 1.28. The van der Waals surface area contributed by atoms with Gasteiger partial charge in [-0.05, 0) is 54.7 Å². The smallest absolute Gasteiger partial charge is 0.153 e. The molecular weight excluding hydrogens is 243 g/mol. The lowest BCUT2D eigenvalue weighted by molar-refractivity contribution is 0.112. The fourth-order valence-electron chi connectivity index (χ4n) is 2.06. The van der Waals surface area contributed by atoms with Gasteiger partial charge in [-0.1, -0.05) is 12.1 Å². The lowest BCUT2D eigenvalue weighted by Gasteiger charge is -2.08. The maximum Gasteiger partial charge on any atom is 0.153 e. The van der Waals surface area contributed by atoms with Crippen molar-refractivity contribution < 1.29 is 13.9 Å². The predicted molar refractivity (Wildman–Crippen MR) is 70.3 cm³/mol. The Morgan fingerprint density at radius 2 is 1.84 bits per heavy atom. The van der Waals surface area contributed by atoms with Crippen LogP contribution in [0, 0.1) is 5.82 Å². The van der Waals surface area contributed by atoms with Crippen molar-refractivity contribution in [2.75, 3.05) is 0 Å². The third kappa shape index (κ3) is 2.65. The fraction of sp³-hybridized carbons (Fsp3) is 0.188. The molecule has 0 unspecified atom stereocenters. The molecule has 2 nitrogen and oxygen atoms in total. The molecule has 3 heteroatoms. The molecule has 1 aliphatic carbocycles. The van der Waals surface area contributed by atoms with Crippen LogP contribution in [0.15, 0.2) is 42.5 Å². The van der Waals surface area contributed by atoms with Crippen LogP contribution in [-0.4, -0.2) is 6.29 Å². The summed E-state index contributed by atoms with van der Waals surface area (Å²) >= 11 is 0. The summed E-state index contributed by atoms with van der Waals surface area (Å²) in [5.41, 5.74) is 1.54. The van der Waals surface area contributed by atoms with E-state index in [4.69, 9.17) is 4.74 Å². The third-order valence-corrected chi connectivity index (χ3v) is 3.26. The molecule has 0 aliphatic heterocycles. The average Bonchev–Trinajstić information content (AvgIpc) is 3.26. The summed E-state index contributed by atoms with van der Waals surface area (Å²) in [7, 11) is 0. The van der Waals surface area contributed by atoms with Gasteiger partial charge in [-0.25, -0.2) is 4.39 Å². The minimum atomic E-state index is -0.446. The molecule has 1 fully saturated rings. The molecule has 2 aromatic carbocycles. The number of carbonyl (C=O) groups excluding carboxylic acids is 1. The van der Waals surface area contributed by atoms with E-state index >= 15 is 0 Å². The van der Waals surface area contributed by atoms with Crippen molar-refractivity contribution in [2.24, 2.45) is 0 Å². The lowest BCUT2D eigenvalue weighted by atomic mass is 10.1. The van der Waals surface area contributed by atoms with Crippen molar-refractivity contribution in [1.82, 2.24) is 0 Å². The first-order valence-corrected chi connectivity index (χ1v) is 6.29. The van der Waals surface area contributed by atoms with Crippen LogP contribution in [0.5, 0.6) is 11.5 Å². The van der Waals surface area contributed by atoms with Crippen LogP contribution in [-0.2, 0) is 0 Å². The Labute approximate surface area is 110 Å². The molecular formula is C16H13FO2. The topological polar surface area (TPSA) is 26.3 Å². The number of rotatable bonds is 4. The SMILES string of the molecule is O=Cc1cc(F)ccc1Oc1ccc(C2CC2)cc1. The quantitative estimate of drug-likeness (QED) is 0.762. The second-order valence-electron chi connectivity index (χ2n) is 4.75. The van der Waals surface area contributed by atoms with Gasteiger partial charge < -0.3 is 4.74 Å². The zero-order valence-corrected chi connectivity index (χ0v) is 10.3. The van der Waals surface area contributed by atoms with Gasteiger partial charge >= 0.3 is 0 Å². The van der Waals surface area contributed by atoms with Crippen molar-refractivity contribution in [1.29, 1.82) is 0 Å². The van der Waals surface area contributed by atoms with Gasteiger partial charge in [0, 0.05) is 0 Å². The van der Waals surface area contributed by atoms with Gasteiger partial charge in [0.2, 0.25) is 0 Å². The Balaban J connectivity index is 1.82. The molecule has 0 aromatic heterocycles. The van der Waals surface area contributed by atoms with Crippen molar-refractivity contribution >= 4 is 6.29 Å². The van der Waals surface area contributed by atoms with E-state index in [1.54, 1.807) is 0 Å². The highest BCUT2D eigenvalue weighted by Crippen LogP contribution is 2.40. The van der Waals surface area contributed by atoms with Crippen LogP contribution < -0.4 is 4.74 Å². The predicted octanol–water partition coefficient (Wildman–Crippen LogP) is 4.31. The molecule has 19 heavy (non-hydrogen) atoms. The number of hydrogen-bond acceptors (Lipinski definition) is 2. The average molecular weight is 256 g/mol. The van der Waals surface area contributed by atoms with Crippen LogP contribution in [0.1, 0.15) is 34.7 Å². The zero-order valence-electron chi connectivity index (χ0n) is 10.3. The highest BCUT2D eigenvalue weighted by atomic mass is 19.1. The van der Waals surface area contributed by atoms with Crippen LogP contribution in [0.3, 0.4) is 0 Å². The van der Waals surface area contributed by atoms with Crippen molar-refractivity contribution in [2.45, 2.75) is 18.8 Å². The molecule has 0 saturated heterocycles. The fourth-order valence-corrected chi connectivity index (χ4v) is 2.06. The van der Waals surface area contributed by atoms with Gasteiger partial charge in [0.15, 0.2) is 6.29 Å². The van der Waals surface area contributed by atoms with Crippen molar-refractivity contribution in [3.05, 3.63) is 59.4 Å². The first-order valence-electron chi connectivity index (χ1n) is 6.29. The van der Waals surface area contributed by atoms with E-state index in [-0.39, 0.29) is 5.56 Å². The summed E-state index contributed by atoms with van der Waals surface area (Å²) in [6.45, 7) is 0. The largest absolute Gasteiger partial charge is 0.457 e. The van der Waals surface area contributed by atoms with Gasteiger partial charge in [-0.2, -0.15) is 0 Å². The van der Waals surface area contributed by atoms with Gasteiger partial charge in [-0.3, -0.25) is 4.79 Å². The van der Waals surface area contributed by atoms with E-state index in [1.807, 2.05) is 24.3 Å². The Bertz CT molecular complexity index is 601. The lowest BCUT2D eigenvalue weighted by Crippen LogP contribution is -1.92. The summed E-state index contributed by atoms with van der Waals surface area (Å²) in [6, 6.07) is 11.8. The van der Waals surface area contributed by atoms with E-state index in [1.165, 1.54) is 36.6 Å². The van der Waals surface area contributed by atoms with E-state index in [2.05, 4.69) is 0 Å². The minimum absolute atomic E-state index is 0.214. The standard InChI is InChI=1S/C16H13FO2/c17-14-5-8-16(13(9-14)10-18)19-15-6-3-12(4-7-15)11-1-2-11/h3-11H,1-2H2. The Kier molecular flexibility index (Phi) is 3.03. The molecule has 0 heterocycles. The second kappa shape index (κ2) is 4.84. The van der Waals surface area contributed by atoms with Crippen molar-refractivity contribution in [3.8, 4) is 11.5 Å². The highest BCUT2D eigenvalue weighted by Gasteiger charge is 2.23. The number of halogens is 1. The minimum Gasteiger partial charge on any atom is -0.457 e. The molecule has 2 aromatic rings. The molecule has 0 atom stereocenters. The molecule has 1 saturated carbocycles. The van der Waals surface area contributed by atoms with Crippen LogP contribution in [0.2, 0.25) is 0 Å². The zero-order chi connectivity index (χ0) is 13.2. The molecule has 96 valence electrons. The second-order valence-corrected chi connectivity index (χ2v) is 4.75. The molecule has 0 bridgehead atoms. The van der Waals surface area contributed by atoms with Gasteiger partial charge in [0.1, 0.15) is 17.3 Å². The molecule has 0 spiro atoms. The van der Waals surface area contributed by atoms with Crippen LogP contribution in [0.4, 0.5) is 4.39 Å². The number of ether oxygens (including phenoxy) is 1. The highest BCUT2D eigenvalue weighted by molar-refractivity contribution is 5.79.